The van der Waals surface area contributed by atoms with Crippen molar-refractivity contribution in [1.82, 2.24) is 14.5 Å². The Morgan fingerprint density at radius 1 is 1.47 bits per heavy atom. The smallest absolute Gasteiger partial charge is 0.273 e. The fourth-order valence-corrected chi connectivity index (χ4v) is 1.46. The average molecular weight is 228 g/mol. The lowest BCUT2D eigenvalue weighted by atomic mass is 10.3. The second-order valence-electron chi connectivity index (χ2n) is 3.39. The Morgan fingerprint density at radius 2 is 2.24 bits per heavy atom. The number of hydrogen-bond donors (Lipinski definition) is 1. The van der Waals surface area contributed by atoms with Crippen LogP contribution in [0, 0.1) is 18.3 Å². The van der Waals surface area contributed by atoms with Gasteiger partial charge in [0.15, 0.2) is 0 Å². The zero-order valence-corrected chi connectivity index (χ0v) is 8.97. The van der Waals surface area contributed by atoms with Crippen molar-refractivity contribution in [2.45, 2.75) is 6.92 Å². The van der Waals surface area contributed by atoms with Gasteiger partial charge in [-0.1, -0.05) is 0 Å². The average Bonchev–Trinajstić information content (AvgIpc) is 2.31. The Labute approximate surface area is 95.8 Å². The number of pyridine rings is 1. The summed E-state index contributed by atoms with van der Waals surface area (Å²) < 4.78 is 1.20. The van der Waals surface area contributed by atoms with Crippen LogP contribution in [0.15, 0.2) is 34.1 Å². The van der Waals surface area contributed by atoms with Crippen molar-refractivity contribution in [2.75, 3.05) is 0 Å². The van der Waals surface area contributed by atoms with E-state index >= 15 is 0 Å². The Bertz CT molecular complexity index is 721. The van der Waals surface area contributed by atoms with E-state index in [0.717, 1.165) is 0 Å². The van der Waals surface area contributed by atoms with Crippen LogP contribution in [0.25, 0.3) is 5.69 Å². The first-order valence-corrected chi connectivity index (χ1v) is 4.81. The molecular weight excluding hydrogens is 220 g/mol. The van der Waals surface area contributed by atoms with Gasteiger partial charge in [-0.3, -0.25) is 19.3 Å². The molecule has 0 aliphatic heterocycles. The molecule has 6 nitrogen and oxygen atoms in total. The van der Waals surface area contributed by atoms with Crippen LogP contribution in [-0.4, -0.2) is 14.5 Å². The van der Waals surface area contributed by atoms with Crippen LogP contribution in [0.1, 0.15) is 11.3 Å². The Hall–Kier alpha value is -2.68. The van der Waals surface area contributed by atoms with Crippen LogP contribution in [0.4, 0.5) is 0 Å². The molecule has 84 valence electrons. The van der Waals surface area contributed by atoms with E-state index in [9.17, 15) is 9.59 Å². The molecule has 2 aromatic rings. The maximum Gasteiger partial charge on any atom is 0.333 e. The molecule has 0 bridgehead atoms. The second-order valence-corrected chi connectivity index (χ2v) is 3.39. The fourth-order valence-electron chi connectivity index (χ4n) is 1.46. The molecule has 2 aromatic heterocycles. The van der Waals surface area contributed by atoms with Crippen molar-refractivity contribution in [3.05, 3.63) is 56.6 Å². The van der Waals surface area contributed by atoms with Crippen LogP contribution >= 0.6 is 0 Å². The van der Waals surface area contributed by atoms with E-state index in [4.69, 9.17) is 5.26 Å². The predicted octanol–water partition coefficient (Wildman–Crippen LogP) is 0.101. The summed E-state index contributed by atoms with van der Waals surface area (Å²) in [6.07, 6.45) is 2.81. The summed E-state index contributed by atoms with van der Waals surface area (Å²) in [5.74, 6) is 0. The van der Waals surface area contributed by atoms with E-state index in [0.29, 0.717) is 11.4 Å². The summed E-state index contributed by atoms with van der Waals surface area (Å²) in [4.78, 5) is 29.0. The van der Waals surface area contributed by atoms with Gasteiger partial charge in [0.2, 0.25) is 0 Å². The molecule has 0 aliphatic carbocycles. The van der Waals surface area contributed by atoms with Crippen molar-refractivity contribution in [1.29, 1.82) is 5.26 Å². The number of aromatic amines is 1. The van der Waals surface area contributed by atoms with Crippen molar-refractivity contribution >= 4 is 0 Å². The summed E-state index contributed by atoms with van der Waals surface area (Å²) in [5, 5.41) is 8.75. The lowest BCUT2D eigenvalue weighted by molar-refractivity contribution is 0.874. The minimum absolute atomic E-state index is 0.118. The molecule has 0 aromatic carbocycles. The number of aromatic nitrogens is 3. The van der Waals surface area contributed by atoms with Crippen LogP contribution in [0.2, 0.25) is 0 Å². The highest BCUT2D eigenvalue weighted by atomic mass is 16.2. The lowest BCUT2D eigenvalue weighted by Crippen LogP contribution is -2.30. The molecule has 0 unspecified atom stereocenters. The Kier molecular flexibility index (Phi) is 2.58. The standard InChI is InChI=1S/C11H8N4O2/c1-7-9(3-2-4-13-7)15-6-8(5-12)10(16)14-11(15)17/h2-4,6H,1H3,(H,14,16,17). The number of nitriles is 1. The van der Waals surface area contributed by atoms with Gasteiger partial charge in [-0.05, 0) is 19.1 Å². The molecule has 0 amide bonds. The van der Waals surface area contributed by atoms with Gasteiger partial charge >= 0.3 is 5.69 Å². The number of H-pyrrole nitrogens is 1. The maximum atomic E-state index is 11.6. The third kappa shape index (κ3) is 1.86. The van der Waals surface area contributed by atoms with E-state index in [1.54, 1.807) is 31.3 Å². The molecule has 6 heteroatoms. The van der Waals surface area contributed by atoms with Gasteiger partial charge in [-0.25, -0.2) is 4.79 Å². The number of nitrogens with one attached hydrogen (secondary N) is 1. The summed E-state index contributed by atoms with van der Waals surface area (Å²) in [5.41, 5.74) is -0.232. The zero-order valence-electron chi connectivity index (χ0n) is 8.97. The topological polar surface area (TPSA) is 91.5 Å². The van der Waals surface area contributed by atoms with E-state index in [1.807, 2.05) is 0 Å². The highest BCUT2D eigenvalue weighted by Crippen LogP contribution is 2.07. The van der Waals surface area contributed by atoms with Crippen LogP contribution in [-0.2, 0) is 0 Å². The first kappa shape index (κ1) is 10.8. The van der Waals surface area contributed by atoms with E-state index in [-0.39, 0.29) is 5.56 Å². The molecule has 17 heavy (non-hydrogen) atoms. The van der Waals surface area contributed by atoms with Crippen LogP contribution in [0.3, 0.4) is 0 Å². The molecule has 0 atom stereocenters. The van der Waals surface area contributed by atoms with Gasteiger partial charge in [0.25, 0.3) is 5.56 Å². The quantitative estimate of drug-likeness (QED) is 0.749. The summed E-state index contributed by atoms with van der Waals surface area (Å²) in [6, 6.07) is 5.08. The lowest BCUT2D eigenvalue weighted by Gasteiger charge is -2.06. The van der Waals surface area contributed by atoms with Gasteiger partial charge in [-0.15, -0.1) is 0 Å². The van der Waals surface area contributed by atoms with Gasteiger partial charge < -0.3 is 0 Å². The van der Waals surface area contributed by atoms with E-state index < -0.39 is 11.2 Å². The monoisotopic (exact) mass is 228 g/mol. The number of rotatable bonds is 1. The molecule has 2 rings (SSSR count). The van der Waals surface area contributed by atoms with Crippen molar-refractivity contribution in [3.63, 3.8) is 0 Å². The number of aryl methyl sites for hydroxylation is 1. The Morgan fingerprint density at radius 3 is 2.88 bits per heavy atom. The molecule has 0 fully saturated rings. The van der Waals surface area contributed by atoms with Crippen LogP contribution < -0.4 is 11.2 Å². The third-order valence-electron chi connectivity index (χ3n) is 2.30. The van der Waals surface area contributed by atoms with Crippen molar-refractivity contribution in [2.24, 2.45) is 0 Å². The van der Waals surface area contributed by atoms with Gasteiger partial charge in [0.05, 0.1) is 11.4 Å². The predicted molar refractivity (Wildman–Crippen MR) is 59.9 cm³/mol. The largest absolute Gasteiger partial charge is 0.333 e. The normalized spacial score (nSPS) is 9.88. The summed E-state index contributed by atoms with van der Waals surface area (Å²) >= 11 is 0. The van der Waals surface area contributed by atoms with Gasteiger partial charge in [0.1, 0.15) is 11.6 Å². The van der Waals surface area contributed by atoms with E-state index in [2.05, 4.69) is 9.97 Å². The van der Waals surface area contributed by atoms with Crippen molar-refractivity contribution in [3.8, 4) is 11.8 Å². The third-order valence-corrected chi connectivity index (χ3v) is 2.30. The second kappa shape index (κ2) is 4.06. The summed E-state index contributed by atoms with van der Waals surface area (Å²) in [7, 11) is 0. The Balaban J connectivity index is 2.78. The first-order chi connectivity index (χ1) is 8.13. The minimum atomic E-state index is -0.685. The molecule has 0 aliphatic rings. The molecule has 0 radical (unpaired) electrons. The fraction of sp³-hybridized carbons (Fsp3) is 0.0909. The SMILES string of the molecule is Cc1ncccc1-n1cc(C#N)c(=O)[nH]c1=O. The molecule has 0 saturated heterocycles. The maximum absolute atomic E-state index is 11.6. The molecule has 0 saturated carbocycles. The van der Waals surface area contributed by atoms with Gasteiger partial charge in [-0.2, -0.15) is 5.26 Å². The molecule has 1 N–H and O–H groups in total. The van der Waals surface area contributed by atoms with Crippen molar-refractivity contribution < 1.29 is 0 Å². The van der Waals surface area contributed by atoms with Gasteiger partial charge in [0, 0.05) is 12.4 Å². The highest BCUT2D eigenvalue weighted by molar-refractivity contribution is 5.37. The highest BCUT2D eigenvalue weighted by Gasteiger charge is 2.07. The molecule has 0 spiro atoms. The van der Waals surface area contributed by atoms with E-state index in [1.165, 1.54) is 10.8 Å². The molecular formula is C11H8N4O2. The first-order valence-electron chi connectivity index (χ1n) is 4.81. The molecule has 2 heterocycles. The summed E-state index contributed by atoms with van der Waals surface area (Å²) in [6.45, 7) is 1.74. The minimum Gasteiger partial charge on any atom is -0.273 e. The zero-order chi connectivity index (χ0) is 12.4. The van der Waals surface area contributed by atoms with Crippen LogP contribution in [0.5, 0.6) is 0 Å². The number of nitrogens with zero attached hydrogens (tertiary/aromatic N) is 3. The number of hydrogen-bond acceptors (Lipinski definition) is 4.